The molecule has 1 amide bonds. The molecular formula is C23H18F4N6O3. The van der Waals surface area contributed by atoms with Crippen molar-refractivity contribution in [2.75, 3.05) is 12.3 Å². The number of aromatic nitrogens is 4. The van der Waals surface area contributed by atoms with Crippen molar-refractivity contribution in [1.29, 1.82) is 0 Å². The standard InChI is InChI=1S/C23H18F4N6O3/c1-32-18-11-7-13(29-9-14(11)31-21(28)12(18)8-30-32)22(34)33-6-2-3-16-19(33)10-4-5-15(36-23(25,26)27)17(24)20(10)35-16/h4-5,7-9,16,19H,2-3,6H2,1H3,(H2,28,31)/t16?,19-/m0/s1. The number of alkyl halides is 3. The minimum atomic E-state index is -5.05. The summed E-state index contributed by atoms with van der Waals surface area (Å²) in [5.41, 5.74) is 7.62. The molecule has 1 saturated heterocycles. The Hall–Kier alpha value is -4.16. The molecular weight excluding hydrogens is 484 g/mol. The first kappa shape index (κ1) is 22.3. The highest BCUT2D eigenvalue weighted by Gasteiger charge is 2.46. The number of nitrogens with zero attached hydrogens (tertiary/aromatic N) is 5. The average Bonchev–Trinajstić information content (AvgIpc) is 3.41. The summed E-state index contributed by atoms with van der Waals surface area (Å²) in [6.07, 6.45) is -1.56. The van der Waals surface area contributed by atoms with Crippen molar-refractivity contribution in [3.05, 3.63) is 47.7 Å². The lowest BCUT2D eigenvalue weighted by Gasteiger charge is -2.36. The van der Waals surface area contributed by atoms with Gasteiger partial charge in [0.05, 0.1) is 34.9 Å². The maximum Gasteiger partial charge on any atom is 0.573 e. The molecule has 1 fully saturated rings. The molecule has 186 valence electrons. The molecule has 4 aromatic rings. The number of benzene rings is 1. The maximum atomic E-state index is 14.9. The van der Waals surface area contributed by atoms with Crippen LogP contribution in [0, 0.1) is 5.82 Å². The van der Waals surface area contributed by atoms with E-state index in [-0.39, 0.29) is 17.0 Å². The number of likely N-dealkylation sites (tertiary alicyclic amines) is 1. The highest BCUT2D eigenvalue weighted by Crippen LogP contribution is 2.48. The van der Waals surface area contributed by atoms with Crippen LogP contribution in [0.25, 0.3) is 21.8 Å². The molecule has 0 saturated carbocycles. The number of fused-ring (bicyclic) bond motifs is 6. The number of nitrogen functional groups attached to an aromatic ring is 1. The molecule has 0 bridgehead atoms. The lowest BCUT2D eigenvalue weighted by molar-refractivity contribution is -0.275. The molecule has 6 rings (SSSR count). The van der Waals surface area contributed by atoms with Gasteiger partial charge >= 0.3 is 6.36 Å². The van der Waals surface area contributed by atoms with Crippen molar-refractivity contribution < 1.29 is 31.8 Å². The van der Waals surface area contributed by atoms with Crippen LogP contribution in [0.1, 0.15) is 34.9 Å². The summed E-state index contributed by atoms with van der Waals surface area (Å²) < 4.78 is 63.9. The van der Waals surface area contributed by atoms with E-state index in [1.54, 1.807) is 24.0 Å². The van der Waals surface area contributed by atoms with E-state index in [2.05, 4.69) is 19.8 Å². The van der Waals surface area contributed by atoms with E-state index in [4.69, 9.17) is 10.5 Å². The molecule has 36 heavy (non-hydrogen) atoms. The second-order valence-corrected chi connectivity index (χ2v) is 8.70. The van der Waals surface area contributed by atoms with Gasteiger partial charge in [0.1, 0.15) is 17.6 Å². The number of anilines is 1. The topological polar surface area (TPSA) is 108 Å². The third-order valence-electron chi connectivity index (χ3n) is 6.55. The van der Waals surface area contributed by atoms with E-state index < -0.39 is 36.0 Å². The number of halogens is 4. The fourth-order valence-corrected chi connectivity index (χ4v) is 5.07. The molecule has 2 atom stereocenters. The quantitative estimate of drug-likeness (QED) is 0.415. The molecule has 0 radical (unpaired) electrons. The van der Waals surface area contributed by atoms with Gasteiger partial charge in [-0.15, -0.1) is 13.2 Å². The molecule has 2 aliphatic heterocycles. The van der Waals surface area contributed by atoms with Gasteiger partial charge in [0, 0.05) is 24.5 Å². The van der Waals surface area contributed by atoms with Gasteiger partial charge in [-0.3, -0.25) is 9.48 Å². The number of rotatable bonds is 2. The molecule has 2 aliphatic rings. The van der Waals surface area contributed by atoms with Gasteiger partial charge in [-0.05, 0) is 31.0 Å². The number of amides is 1. The first-order chi connectivity index (χ1) is 17.1. The number of aryl methyl sites for hydroxylation is 1. The number of hydrogen-bond acceptors (Lipinski definition) is 7. The number of hydrogen-bond donors (Lipinski definition) is 1. The summed E-state index contributed by atoms with van der Waals surface area (Å²) in [6, 6.07) is 3.12. The summed E-state index contributed by atoms with van der Waals surface area (Å²) in [5.74, 6) is -2.71. The van der Waals surface area contributed by atoms with Crippen molar-refractivity contribution in [3.8, 4) is 11.5 Å². The lowest BCUT2D eigenvalue weighted by Crippen LogP contribution is -2.44. The zero-order chi connectivity index (χ0) is 25.4. The van der Waals surface area contributed by atoms with Crippen LogP contribution in [0.2, 0.25) is 0 Å². The van der Waals surface area contributed by atoms with Crippen LogP contribution >= 0.6 is 0 Å². The number of carbonyl (C=O) groups is 1. The molecule has 5 heterocycles. The van der Waals surface area contributed by atoms with Crippen LogP contribution in [-0.2, 0) is 7.05 Å². The summed E-state index contributed by atoms with van der Waals surface area (Å²) in [6.45, 7) is 0.339. The summed E-state index contributed by atoms with van der Waals surface area (Å²) in [4.78, 5) is 23.8. The normalized spacial score (nSPS) is 19.3. The van der Waals surface area contributed by atoms with Crippen molar-refractivity contribution >= 4 is 33.5 Å². The molecule has 0 aliphatic carbocycles. The number of piperidine rings is 1. The fraction of sp³-hybridized carbons (Fsp3) is 0.304. The Labute approximate surface area is 200 Å². The minimum Gasteiger partial charge on any atom is -0.484 e. The molecule has 9 nitrogen and oxygen atoms in total. The van der Waals surface area contributed by atoms with Gasteiger partial charge < -0.3 is 20.1 Å². The van der Waals surface area contributed by atoms with Crippen LogP contribution in [0.4, 0.5) is 23.4 Å². The monoisotopic (exact) mass is 502 g/mol. The van der Waals surface area contributed by atoms with Crippen LogP contribution in [0.5, 0.6) is 11.5 Å². The summed E-state index contributed by atoms with van der Waals surface area (Å²) >= 11 is 0. The molecule has 0 spiro atoms. The van der Waals surface area contributed by atoms with E-state index in [0.717, 1.165) is 6.07 Å². The summed E-state index contributed by atoms with van der Waals surface area (Å²) in [7, 11) is 1.75. The van der Waals surface area contributed by atoms with Crippen LogP contribution in [0.3, 0.4) is 0 Å². The van der Waals surface area contributed by atoms with Crippen molar-refractivity contribution in [2.45, 2.75) is 31.3 Å². The average molecular weight is 502 g/mol. The van der Waals surface area contributed by atoms with Crippen LogP contribution in [-0.4, -0.2) is 49.6 Å². The third-order valence-corrected chi connectivity index (χ3v) is 6.55. The zero-order valence-corrected chi connectivity index (χ0v) is 18.7. The van der Waals surface area contributed by atoms with Gasteiger partial charge in [0.25, 0.3) is 5.91 Å². The molecule has 1 unspecified atom stereocenters. The first-order valence-corrected chi connectivity index (χ1v) is 11.0. The lowest BCUT2D eigenvalue weighted by atomic mass is 9.94. The Morgan fingerprint density at radius 1 is 1.25 bits per heavy atom. The Bertz CT molecular complexity index is 1550. The minimum absolute atomic E-state index is 0.128. The van der Waals surface area contributed by atoms with Crippen molar-refractivity contribution in [3.63, 3.8) is 0 Å². The Kier molecular flexibility index (Phi) is 4.75. The van der Waals surface area contributed by atoms with Gasteiger partial charge in [0.15, 0.2) is 11.5 Å². The molecule has 1 aromatic carbocycles. The molecule has 3 aromatic heterocycles. The van der Waals surface area contributed by atoms with E-state index in [9.17, 15) is 22.4 Å². The molecule has 2 N–H and O–H groups in total. The highest BCUT2D eigenvalue weighted by atomic mass is 19.4. The van der Waals surface area contributed by atoms with Gasteiger partial charge in [-0.2, -0.15) is 9.49 Å². The van der Waals surface area contributed by atoms with Gasteiger partial charge in [-0.25, -0.2) is 9.97 Å². The smallest absolute Gasteiger partial charge is 0.484 e. The second-order valence-electron chi connectivity index (χ2n) is 8.70. The molecule has 13 heteroatoms. The van der Waals surface area contributed by atoms with E-state index in [1.807, 2.05) is 0 Å². The Morgan fingerprint density at radius 2 is 2.06 bits per heavy atom. The van der Waals surface area contributed by atoms with Crippen molar-refractivity contribution in [2.24, 2.45) is 7.05 Å². The van der Waals surface area contributed by atoms with Gasteiger partial charge in [-0.1, -0.05) is 0 Å². The predicted molar refractivity (Wildman–Crippen MR) is 119 cm³/mol. The first-order valence-electron chi connectivity index (χ1n) is 11.0. The largest absolute Gasteiger partial charge is 0.573 e. The highest BCUT2D eigenvalue weighted by molar-refractivity contribution is 6.09. The second kappa shape index (κ2) is 7.67. The number of nitrogens with two attached hydrogens (primary N) is 1. The Morgan fingerprint density at radius 3 is 2.83 bits per heavy atom. The van der Waals surface area contributed by atoms with Crippen molar-refractivity contribution in [1.82, 2.24) is 24.6 Å². The fourth-order valence-electron chi connectivity index (χ4n) is 5.07. The SMILES string of the molecule is Cn1ncc2c(N)nc3cnc(C(=O)N4CCCC5Oc6c(ccc(OC(F)(F)F)c6F)[C@@H]54)cc3c21. The maximum absolute atomic E-state index is 14.9. The number of pyridine rings is 2. The van der Waals surface area contributed by atoms with Crippen LogP contribution in [0.15, 0.2) is 30.6 Å². The van der Waals surface area contributed by atoms with Gasteiger partial charge in [0.2, 0.25) is 5.82 Å². The van der Waals surface area contributed by atoms with E-state index >= 15 is 0 Å². The number of carbonyl (C=O) groups excluding carboxylic acids is 1. The van der Waals surface area contributed by atoms with Crippen LogP contribution < -0.4 is 15.2 Å². The zero-order valence-electron chi connectivity index (χ0n) is 18.7. The predicted octanol–water partition coefficient (Wildman–Crippen LogP) is 3.87. The third kappa shape index (κ3) is 3.37. The number of ether oxygens (including phenoxy) is 2. The van der Waals surface area contributed by atoms with E-state index in [1.165, 1.54) is 17.2 Å². The van der Waals surface area contributed by atoms with E-state index in [0.29, 0.717) is 47.0 Å². The Balaban J connectivity index is 1.40. The summed E-state index contributed by atoms with van der Waals surface area (Å²) in [5, 5.41) is 5.50.